The Labute approximate surface area is 108 Å². The van der Waals surface area contributed by atoms with Gasteiger partial charge in [0.25, 0.3) is 0 Å². The Balaban J connectivity index is 2.18. The van der Waals surface area contributed by atoms with E-state index in [1.165, 1.54) is 6.20 Å². The molecule has 2 rings (SSSR count). The molecule has 0 fully saturated rings. The summed E-state index contributed by atoms with van der Waals surface area (Å²) in [6, 6.07) is 6.26. The van der Waals surface area contributed by atoms with Crippen molar-refractivity contribution in [3.63, 3.8) is 0 Å². The average molecular weight is 270 g/mol. The summed E-state index contributed by atoms with van der Waals surface area (Å²) in [5, 5.41) is 10.3. The molecule has 0 bridgehead atoms. The first-order valence-electron chi connectivity index (χ1n) is 5.29. The highest BCUT2D eigenvalue weighted by atomic mass is 35.5. The van der Waals surface area contributed by atoms with Gasteiger partial charge in [0, 0.05) is 12.6 Å². The average Bonchev–Trinajstić information content (AvgIpc) is 2.34. The minimum atomic E-state index is -1.00. The monoisotopic (exact) mass is 269 g/mol. The molecule has 5 heteroatoms. The van der Waals surface area contributed by atoms with E-state index in [1.807, 2.05) is 0 Å². The first-order chi connectivity index (χ1) is 8.56. The first-order valence-corrected chi connectivity index (χ1v) is 5.67. The highest BCUT2D eigenvalue weighted by Gasteiger charge is 2.13. The van der Waals surface area contributed by atoms with E-state index in [4.69, 9.17) is 11.6 Å². The molecule has 18 heavy (non-hydrogen) atoms. The van der Waals surface area contributed by atoms with Crippen molar-refractivity contribution in [3.8, 4) is 0 Å². The number of aliphatic hydroxyl groups is 1. The van der Waals surface area contributed by atoms with Crippen LogP contribution in [0.1, 0.15) is 17.4 Å². The van der Waals surface area contributed by atoms with E-state index in [1.54, 1.807) is 12.1 Å². The Morgan fingerprint density at radius 3 is 2.67 bits per heavy atom. The fourth-order valence-corrected chi connectivity index (χ4v) is 1.71. The molecule has 2 aromatic rings. The molecule has 1 atom stereocenters. The lowest BCUT2D eigenvalue weighted by atomic mass is 10.0. The molecular weight excluding hydrogens is 260 g/mol. The van der Waals surface area contributed by atoms with E-state index >= 15 is 0 Å². The quantitative estimate of drug-likeness (QED) is 0.927. The molecule has 1 N–H and O–H groups in total. The number of benzene rings is 1. The number of hydrogen-bond acceptors (Lipinski definition) is 2. The van der Waals surface area contributed by atoms with Crippen molar-refractivity contribution in [1.29, 1.82) is 0 Å². The van der Waals surface area contributed by atoms with Crippen molar-refractivity contribution in [1.82, 2.24) is 4.98 Å². The number of aromatic nitrogens is 1. The van der Waals surface area contributed by atoms with Crippen molar-refractivity contribution in [2.45, 2.75) is 12.5 Å². The molecule has 0 saturated carbocycles. The molecule has 2 nitrogen and oxygen atoms in total. The second kappa shape index (κ2) is 5.42. The molecule has 0 aliphatic heterocycles. The smallest absolute Gasteiger partial charge is 0.126 e. The number of halogens is 3. The first kappa shape index (κ1) is 12.9. The summed E-state index contributed by atoms with van der Waals surface area (Å²) in [6.45, 7) is 0. The minimum absolute atomic E-state index is 0.0434. The zero-order chi connectivity index (χ0) is 13.1. The van der Waals surface area contributed by atoms with Crippen LogP contribution < -0.4 is 0 Å². The van der Waals surface area contributed by atoms with Gasteiger partial charge in [-0.3, -0.25) is 4.98 Å². The van der Waals surface area contributed by atoms with Crippen molar-refractivity contribution < 1.29 is 13.9 Å². The lowest BCUT2D eigenvalue weighted by molar-refractivity contribution is 0.172. The molecule has 0 aliphatic carbocycles. The summed E-state index contributed by atoms with van der Waals surface area (Å²) in [7, 11) is 0. The molecule has 1 aromatic heterocycles. The van der Waals surface area contributed by atoms with E-state index in [9.17, 15) is 13.9 Å². The van der Waals surface area contributed by atoms with Gasteiger partial charge in [-0.05, 0) is 35.9 Å². The lowest BCUT2D eigenvalue weighted by Gasteiger charge is -2.10. The molecule has 0 spiro atoms. The zero-order valence-electron chi connectivity index (χ0n) is 9.28. The van der Waals surface area contributed by atoms with Crippen molar-refractivity contribution >= 4 is 11.6 Å². The van der Waals surface area contributed by atoms with Crippen molar-refractivity contribution in [2.75, 3.05) is 0 Å². The van der Waals surface area contributed by atoms with Crippen LogP contribution in [0.25, 0.3) is 0 Å². The molecule has 1 unspecified atom stereocenters. The van der Waals surface area contributed by atoms with E-state index in [-0.39, 0.29) is 12.0 Å². The van der Waals surface area contributed by atoms with E-state index < -0.39 is 17.7 Å². The summed E-state index contributed by atoms with van der Waals surface area (Å²) < 4.78 is 26.4. The predicted molar refractivity (Wildman–Crippen MR) is 64.3 cm³/mol. The van der Waals surface area contributed by atoms with Crippen LogP contribution in [0.5, 0.6) is 0 Å². The maximum absolute atomic E-state index is 13.4. The Hall–Kier alpha value is -1.52. The van der Waals surface area contributed by atoms with Gasteiger partial charge in [-0.25, -0.2) is 8.78 Å². The molecule has 0 saturated heterocycles. The fourth-order valence-electron chi connectivity index (χ4n) is 1.60. The SMILES string of the molecule is OC(Cc1cc(F)ccc1F)c1ccc(Cl)cn1. The molecule has 0 aliphatic rings. The van der Waals surface area contributed by atoms with Gasteiger partial charge in [0.1, 0.15) is 17.7 Å². The van der Waals surface area contributed by atoms with Gasteiger partial charge in [-0.15, -0.1) is 0 Å². The number of nitrogens with zero attached hydrogens (tertiary/aromatic N) is 1. The third-order valence-corrected chi connectivity index (χ3v) is 2.74. The maximum Gasteiger partial charge on any atom is 0.126 e. The highest BCUT2D eigenvalue weighted by Crippen LogP contribution is 2.20. The summed E-state index contributed by atoms with van der Waals surface area (Å²) in [5.41, 5.74) is 0.474. The van der Waals surface area contributed by atoms with E-state index in [2.05, 4.69) is 4.98 Å². The second-order valence-electron chi connectivity index (χ2n) is 3.86. The number of hydrogen-bond donors (Lipinski definition) is 1. The van der Waals surface area contributed by atoms with Crippen LogP contribution in [0.3, 0.4) is 0 Å². The molecule has 0 amide bonds. The summed E-state index contributed by atoms with van der Waals surface area (Å²) >= 11 is 5.67. The minimum Gasteiger partial charge on any atom is -0.386 e. The van der Waals surface area contributed by atoms with Gasteiger partial charge < -0.3 is 5.11 Å². The normalized spacial score (nSPS) is 12.4. The van der Waals surface area contributed by atoms with Crippen LogP contribution in [-0.4, -0.2) is 10.1 Å². The second-order valence-corrected chi connectivity index (χ2v) is 4.29. The lowest BCUT2D eigenvalue weighted by Crippen LogP contribution is -2.05. The Bertz CT molecular complexity index is 545. The Morgan fingerprint density at radius 2 is 2.00 bits per heavy atom. The van der Waals surface area contributed by atoms with Gasteiger partial charge in [0.05, 0.1) is 10.7 Å². The van der Waals surface area contributed by atoms with Crippen LogP contribution >= 0.6 is 11.6 Å². The maximum atomic E-state index is 13.4. The summed E-state index contributed by atoms with van der Waals surface area (Å²) in [5.74, 6) is -1.09. The Morgan fingerprint density at radius 1 is 1.22 bits per heavy atom. The molecule has 0 radical (unpaired) electrons. The number of rotatable bonds is 3. The van der Waals surface area contributed by atoms with Gasteiger partial charge in [-0.2, -0.15) is 0 Å². The molecular formula is C13H10ClF2NO. The third-order valence-electron chi connectivity index (χ3n) is 2.51. The van der Waals surface area contributed by atoms with Crippen molar-refractivity contribution in [2.24, 2.45) is 0 Å². The van der Waals surface area contributed by atoms with Crippen LogP contribution in [0.15, 0.2) is 36.5 Å². The predicted octanol–water partition coefficient (Wildman–Crippen LogP) is 3.29. The van der Waals surface area contributed by atoms with Gasteiger partial charge >= 0.3 is 0 Å². The van der Waals surface area contributed by atoms with E-state index in [0.29, 0.717) is 10.7 Å². The van der Waals surface area contributed by atoms with Gasteiger partial charge in [-0.1, -0.05) is 11.6 Å². The van der Waals surface area contributed by atoms with E-state index in [0.717, 1.165) is 18.2 Å². The molecule has 1 heterocycles. The third kappa shape index (κ3) is 3.03. The summed E-state index contributed by atoms with van der Waals surface area (Å²) in [6.07, 6.45) is 0.346. The standard InChI is InChI=1S/C13H10ClF2NO/c14-9-1-4-12(17-7-9)13(18)6-8-5-10(15)2-3-11(8)16/h1-5,7,13,18H,6H2. The fraction of sp³-hybridized carbons (Fsp3) is 0.154. The zero-order valence-corrected chi connectivity index (χ0v) is 10.0. The van der Waals surface area contributed by atoms with Crippen LogP contribution in [0.4, 0.5) is 8.78 Å². The van der Waals surface area contributed by atoms with Gasteiger partial charge in [0.2, 0.25) is 0 Å². The summed E-state index contributed by atoms with van der Waals surface area (Å²) in [4.78, 5) is 3.93. The van der Waals surface area contributed by atoms with Crippen LogP contribution in [0.2, 0.25) is 5.02 Å². The van der Waals surface area contributed by atoms with Gasteiger partial charge in [0.15, 0.2) is 0 Å². The Kier molecular flexibility index (Phi) is 3.89. The largest absolute Gasteiger partial charge is 0.386 e. The topological polar surface area (TPSA) is 33.1 Å². The van der Waals surface area contributed by atoms with Crippen LogP contribution in [0, 0.1) is 11.6 Å². The van der Waals surface area contributed by atoms with Crippen molar-refractivity contribution in [3.05, 3.63) is 64.4 Å². The molecule has 94 valence electrons. The molecule has 1 aromatic carbocycles. The highest BCUT2D eigenvalue weighted by molar-refractivity contribution is 6.30. The number of pyridine rings is 1. The number of aliphatic hydroxyl groups excluding tert-OH is 1. The van der Waals surface area contributed by atoms with Crippen LogP contribution in [-0.2, 0) is 6.42 Å².